The largest absolute Gasteiger partial charge is 0.490 e. The van der Waals surface area contributed by atoms with Crippen LogP contribution in [-0.2, 0) is 16.1 Å². The fourth-order valence-electron chi connectivity index (χ4n) is 4.91. The molecule has 4 aromatic rings. The third kappa shape index (κ3) is 6.32. The first-order valence-electron chi connectivity index (χ1n) is 14.1. The summed E-state index contributed by atoms with van der Waals surface area (Å²) in [5, 5.41) is 9.36. The lowest BCUT2D eigenvalue weighted by atomic mass is 9.95. The van der Waals surface area contributed by atoms with Gasteiger partial charge in [-0.1, -0.05) is 64.9 Å². The summed E-state index contributed by atoms with van der Waals surface area (Å²) in [5.41, 5.74) is 4.47. The van der Waals surface area contributed by atoms with Crippen LogP contribution >= 0.6 is 22.9 Å². The molecule has 3 aromatic carbocycles. The van der Waals surface area contributed by atoms with Crippen molar-refractivity contribution in [2.75, 3.05) is 13.2 Å². The number of nitrogens with zero attached hydrogens (tertiary/aromatic N) is 3. The summed E-state index contributed by atoms with van der Waals surface area (Å²) in [7, 11) is 0. The summed E-state index contributed by atoms with van der Waals surface area (Å²) < 4.78 is 19.2. The molecule has 0 saturated heterocycles. The molecule has 1 aliphatic rings. The minimum atomic E-state index is -0.686. The lowest BCUT2D eigenvalue weighted by Crippen LogP contribution is -2.39. The predicted molar refractivity (Wildman–Crippen MR) is 170 cm³/mol. The number of carbonyl (C=O) groups is 1. The molecule has 0 unspecified atom stereocenters. The van der Waals surface area contributed by atoms with Crippen molar-refractivity contribution < 1.29 is 19.0 Å². The van der Waals surface area contributed by atoms with Crippen LogP contribution in [0.4, 0.5) is 0 Å². The number of aryl methyl sites for hydroxylation is 1. The molecular formula is C34H30ClN3O5S. The van der Waals surface area contributed by atoms with Crippen LogP contribution in [0, 0.1) is 18.3 Å². The number of benzene rings is 3. The minimum absolute atomic E-state index is 0.205. The van der Waals surface area contributed by atoms with Gasteiger partial charge in [0.2, 0.25) is 0 Å². The van der Waals surface area contributed by atoms with Gasteiger partial charge in [-0.15, -0.1) is 0 Å². The van der Waals surface area contributed by atoms with E-state index in [9.17, 15) is 9.59 Å². The van der Waals surface area contributed by atoms with Crippen molar-refractivity contribution >= 4 is 35.0 Å². The molecule has 0 bridgehead atoms. The molecule has 1 aromatic heterocycles. The molecule has 44 heavy (non-hydrogen) atoms. The predicted octanol–water partition coefficient (Wildman–Crippen LogP) is 5.61. The van der Waals surface area contributed by atoms with Crippen molar-refractivity contribution in [1.29, 1.82) is 5.26 Å². The summed E-state index contributed by atoms with van der Waals surface area (Å²) >= 11 is 7.92. The zero-order valence-corrected chi connectivity index (χ0v) is 26.3. The van der Waals surface area contributed by atoms with Crippen molar-refractivity contribution in [2.45, 2.75) is 40.3 Å². The quantitative estimate of drug-likeness (QED) is 0.224. The van der Waals surface area contributed by atoms with Crippen molar-refractivity contribution in [1.82, 2.24) is 4.57 Å². The van der Waals surface area contributed by atoms with Crippen LogP contribution in [0.25, 0.3) is 6.08 Å². The van der Waals surface area contributed by atoms with E-state index in [0.29, 0.717) is 54.9 Å². The van der Waals surface area contributed by atoms with Gasteiger partial charge in [0.05, 0.1) is 51.7 Å². The second kappa shape index (κ2) is 13.3. The summed E-state index contributed by atoms with van der Waals surface area (Å²) in [5.74, 6) is 0.314. The summed E-state index contributed by atoms with van der Waals surface area (Å²) in [4.78, 5) is 32.2. The minimum Gasteiger partial charge on any atom is -0.490 e. The summed E-state index contributed by atoms with van der Waals surface area (Å²) in [6.45, 7) is 8.15. The van der Waals surface area contributed by atoms with Gasteiger partial charge in [0, 0.05) is 0 Å². The molecule has 0 fully saturated rings. The van der Waals surface area contributed by atoms with Crippen molar-refractivity contribution in [2.24, 2.45) is 4.99 Å². The summed E-state index contributed by atoms with van der Waals surface area (Å²) in [6.07, 6.45) is 1.73. The van der Waals surface area contributed by atoms with Crippen LogP contribution in [0.3, 0.4) is 0 Å². The molecule has 10 heteroatoms. The first-order chi connectivity index (χ1) is 21.2. The molecule has 5 rings (SSSR count). The number of carbonyl (C=O) groups excluding carboxylic acids is 1. The highest BCUT2D eigenvalue weighted by Gasteiger charge is 2.33. The molecule has 0 radical (unpaired) electrons. The van der Waals surface area contributed by atoms with Crippen molar-refractivity contribution in [3.05, 3.63) is 124 Å². The number of esters is 1. The van der Waals surface area contributed by atoms with Gasteiger partial charge in [-0.3, -0.25) is 9.36 Å². The van der Waals surface area contributed by atoms with Gasteiger partial charge in [0.25, 0.3) is 5.56 Å². The van der Waals surface area contributed by atoms with E-state index in [2.05, 4.69) is 11.1 Å². The zero-order valence-electron chi connectivity index (χ0n) is 24.7. The fraction of sp³-hybridized carbons (Fsp3) is 0.235. The van der Waals surface area contributed by atoms with Crippen molar-refractivity contribution in [3.63, 3.8) is 0 Å². The van der Waals surface area contributed by atoms with E-state index in [1.165, 1.54) is 11.3 Å². The number of ether oxygens (including phenoxy) is 3. The topological polar surface area (TPSA) is 103 Å². The Labute approximate surface area is 263 Å². The molecule has 0 amide bonds. The molecular weight excluding hydrogens is 598 g/mol. The SMILES string of the molecule is CCOC(=O)C1=C(C)N=c2s/c(=C\c3cc(Cl)c(OCc4ccc(C#N)cc4)c(OCC)c3)c(=O)n2[C@H]1c1ccc(C)cc1. The Kier molecular flexibility index (Phi) is 9.33. The normalized spacial score (nSPS) is 14.5. The standard InChI is InChI=1S/C34H30ClN3O5S/c1-5-41-27-16-24(15-26(35)31(27)43-19-23-11-9-22(18-36)10-12-23)17-28-32(39)38-30(25-13-7-20(3)8-14-25)29(33(40)42-6-2)21(4)37-34(38)44-28/h7-17,30H,5-6,19H2,1-4H3/b28-17-/t30-/m0/s1. The van der Waals surface area contributed by atoms with E-state index in [4.69, 9.17) is 31.1 Å². The van der Waals surface area contributed by atoms with Crippen molar-refractivity contribution in [3.8, 4) is 17.6 Å². The molecule has 1 aliphatic heterocycles. The Balaban J connectivity index is 1.56. The second-order valence-corrected chi connectivity index (χ2v) is 11.5. The third-order valence-electron chi connectivity index (χ3n) is 7.01. The molecule has 0 aliphatic carbocycles. The average Bonchev–Trinajstić information content (AvgIpc) is 3.30. The third-order valence-corrected chi connectivity index (χ3v) is 8.27. The van der Waals surface area contributed by atoms with Gasteiger partial charge in [0.15, 0.2) is 16.3 Å². The van der Waals surface area contributed by atoms with Crippen LogP contribution in [-0.4, -0.2) is 23.8 Å². The first kappa shape index (κ1) is 30.8. The van der Waals surface area contributed by atoms with Crippen LogP contribution < -0.4 is 24.4 Å². The number of nitriles is 1. The zero-order chi connectivity index (χ0) is 31.4. The highest BCUT2D eigenvalue weighted by molar-refractivity contribution is 7.07. The molecule has 0 N–H and O–H groups in total. The van der Waals surface area contributed by atoms with E-state index in [1.54, 1.807) is 48.8 Å². The van der Waals surface area contributed by atoms with Gasteiger partial charge in [-0.05, 0) is 74.7 Å². The van der Waals surface area contributed by atoms with Crippen LogP contribution in [0.1, 0.15) is 54.6 Å². The monoisotopic (exact) mass is 627 g/mol. The molecule has 224 valence electrons. The van der Waals surface area contributed by atoms with Gasteiger partial charge in [0.1, 0.15) is 6.61 Å². The van der Waals surface area contributed by atoms with Crippen LogP contribution in [0.2, 0.25) is 5.02 Å². The number of rotatable bonds is 9. The molecule has 8 nitrogen and oxygen atoms in total. The number of hydrogen-bond acceptors (Lipinski definition) is 8. The number of allylic oxidation sites excluding steroid dienone is 1. The molecule has 0 spiro atoms. The number of fused-ring (bicyclic) bond motifs is 1. The lowest BCUT2D eigenvalue weighted by Gasteiger charge is -2.24. The first-order valence-corrected chi connectivity index (χ1v) is 15.3. The average molecular weight is 628 g/mol. The Morgan fingerprint density at radius 2 is 1.80 bits per heavy atom. The molecule has 0 saturated carbocycles. The van der Waals surface area contributed by atoms with E-state index >= 15 is 0 Å². The summed E-state index contributed by atoms with van der Waals surface area (Å²) in [6, 6.07) is 19.7. The lowest BCUT2D eigenvalue weighted by molar-refractivity contribution is -0.139. The van der Waals surface area contributed by atoms with Crippen LogP contribution in [0.5, 0.6) is 11.5 Å². The number of hydrogen-bond donors (Lipinski definition) is 0. The maximum atomic E-state index is 14.0. The fourth-order valence-corrected chi connectivity index (χ4v) is 6.23. The second-order valence-electron chi connectivity index (χ2n) is 10.1. The molecule has 2 heterocycles. The van der Waals surface area contributed by atoms with Gasteiger partial charge >= 0.3 is 5.97 Å². The Hall–Kier alpha value is -4.65. The number of aromatic nitrogens is 1. The smallest absolute Gasteiger partial charge is 0.338 e. The van der Waals surface area contributed by atoms with Gasteiger partial charge in [-0.2, -0.15) is 5.26 Å². The Morgan fingerprint density at radius 3 is 2.45 bits per heavy atom. The van der Waals surface area contributed by atoms with Crippen LogP contribution in [0.15, 0.2) is 81.7 Å². The highest BCUT2D eigenvalue weighted by Crippen LogP contribution is 2.37. The maximum absolute atomic E-state index is 14.0. The highest BCUT2D eigenvalue weighted by atomic mass is 35.5. The Bertz CT molecular complexity index is 1970. The van der Waals surface area contributed by atoms with Gasteiger partial charge < -0.3 is 14.2 Å². The number of thiazole rings is 1. The van der Waals surface area contributed by atoms with E-state index in [1.807, 2.05) is 50.2 Å². The number of halogens is 1. The van der Waals surface area contributed by atoms with Gasteiger partial charge in [-0.25, -0.2) is 9.79 Å². The van der Waals surface area contributed by atoms with E-state index in [-0.39, 0.29) is 18.8 Å². The Morgan fingerprint density at radius 1 is 1.07 bits per heavy atom. The van der Waals surface area contributed by atoms with E-state index in [0.717, 1.165) is 16.7 Å². The maximum Gasteiger partial charge on any atom is 0.338 e. The molecule has 1 atom stereocenters. The van der Waals surface area contributed by atoms with E-state index < -0.39 is 12.0 Å².